The van der Waals surface area contributed by atoms with Crippen LogP contribution in [0.2, 0.25) is 0 Å². The number of rotatable bonds is 2. The molecule has 0 amide bonds. The first kappa shape index (κ1) is 22.0. The van der Waals surface area contributed by atoms with E-state index in [1.807, 2.05) is 0 Å². The number of likely N-dealkylation sites (tertiary alicyclic amines) is 2. The van der Waals surface area contributed by atoms with Gasteiger partial charge in [-0.25, -0.2) is 0 Å². The molecule has 0 spiro atoms. The molecule has 3 aromatic rings. The van der Waals surface area contributed by atoms with Crippen molar-refractivity contribution in [2.75, 3.05) is 37.8 Å². The maximum atomic E-state index is 4.28. The van der Waals surface area contributed by atoms with Gasteiger partial charge in [0.2, 0.25) is 0 Å². The molecular formula is C34H38N4. The van der Waals surface area contributed by atoms with Gasteiger partial charge >= 0.3 is 0 Å². The van der Waals surface area contributed by atoms with Gasteiger partial charge in [0.15, 0.2) is 0 Å². The molecule has 1 unspecified atom stereocenters. The van der Waals surface area contributed by atoms with Crippen LogP contribution in [0.15, 0.2) is 66.7 Å². The first-order valence-corrected chi connectivity index (χ1v) is 14.9. The van der Waals surface area contributed by atoms with Crippen molar-refractivity contribution in [1.29, 1.82) is 0 Å². The van der Waals surface area contributed by atoms with Crippen LogP contribution < -0.4 is 10.6 Å². The molecule has 0 aromatic heterocycles. The van der Waals surface area contributed by atoms with Crippen molar-refractivity contribution in [2.24, 2.45) is 5.92 Å². The fourth-order valence-electron chi connectivity index (χ4n) is 10.8. The minimum Gasteiger partial charge on any atom is -0.368 e. The van der Waals surface area contributed by atoms with E-state index >= 15 is 0 Å². The van der Waals surface area contributed by atoms with Gasteiger partial charge in [0.1, 0.15) is 0 Å². The van der Waals surface area contributed by atoms with Crippen molar-refractivity contribution >= 4 is 11.4 Å². The Labute approximate surface area is 226 Å². The second-order valence-electron chi connectivity index (χ2n) is 13.2. The van der Waals surface area contributed by atoms with Gasteiger partial charge in [0.05, 0.1) is 17.7 Å². The van der Waals surface area contributed by atoms with E-state index in [9.17, 15) is 0 Å². The summed E-state index contributed by atoms with van der Waals surface area (Å²) in [6.07, 6.45) is 8.36. The summed E-state index contributed by atoms with van der Waals surface area (Å²) in [7, 11) is 4.66. The Kier molecular flexibility index (Phi) is 4.19. The van der Waals surface area contributed by atoms with Gasteiger partial charge in [0, 0.05) is 35.3 Å². The number of nitrogens with zero attached hydrogens (tertiary/aromatic N) is 2. The molecule has 194 valence electrons. The lowest BCUT2D eigenvalue weighted by atomic mass is 9.53. The number of hydrogen-bond acceptors (Lipinski definition) is 4. The number of para-hydroxylation sites is 2. The van der Waals surface area contributed by atoms with Crippen molar-refractivity contribution in [3.8, 4) is 0 Å². The molecular weight excluding hydrogens is 464 g/mol. The number of nitrogens with one attached hydrogen (secondary N) is 2. The van der Waals surface area contributed by atoms with E-state index in [0.29, 0.717) is 12.3 Å². The SMILES string of the molecule is CN1CC[C@]2(c3cccc4c3N[C@@H]3N(C)CC[C@]43[C@@]34CCC[C@@H]3Cc3ccccc34)c3ccccc3NC12. The third-order valence-electron chi connectivity index (χ3n) is 12.1. The van der Waals surface area contributed by atoms with E-state index in [2.05, 4.69) is 101 Å². The smallest absolute Gasteiger partial charge is 0.0933 e. The fraction of sp³-hybridized carbons (Fsp3) is 0.471. The van der Waals surface area contributed by atoms with Gasteiger partial charge in [-0.15, -0.1) is 0 Å². The topological polar surface area (TPSA) is 30.5 Å². The summed E-state index contributed by atoms with van der Waals surface area (Å²) in [5.74, 6) is 0.753. The summed E-state index contributed by atoms with van der Waals surface area (Å²) in [6, 6.07) is 26.0. The quantitative estimate of drug-likeness (QED) is 0.472. The molecule has 6 atom stereocenters. The van der Waals surface area contributed by atoms with Crippen LogP contribution in [0.1, 0.15) is 59.9 Å². The first-order valence-electron chi connectivity index (χ1n) is 14.9. The van der Waals surface area contributed by atoms with Crippen LogP contribution in [0.4, 0.5) is 11.4 Å². The fourth-order valence-corrected chi connectivity index (χ4v) is 10.8. The van der Waals surface area contributed by atoms with Crippen LogP contribution in [0, 0.1) is 5.92 Å². The molecule has 0 bridgehead atoms. The molecule has 0 radical (unpaired) electrons. The van der Waals surface area contributed by atoms with Crippen LogP contribution in [0.5, 0.6) is 0 Å². The van der Waals surface area contributed by atoms with E-state index in [-0.39, 0.29) is 16.2 Å². The van der Waals surface area contributed by atoms with Crippen LogP contribution in [-0.4, -0.2) is 49.3 Å². The van der Waals surface area contributed by atoms with Crippen LogP contribution in [0.3, 0.4) is 0 Å². The van der Waals surface area contributed by atoms with E-state index < -0.39 is 0 Å². The lowest BCUT2D eigenvalue weighted by Crippen LogP contribution is -2.56. The molecule has 38 heavy (non-hydrogen) atoms. The standard InChI is InChI=1S/C34H38N4/c1-37-19-17-32(25-12-5-6-15-28(25)35-30(32)37)26-13-7-14-27-29(26)36-31-34(27,18-20-38(31)2)33-16-8-10-23(33)21-22-9-3-4-11-24(22)33/h3-7,9,11-15,23,30-31,35-36H,8,10,16-21H2,1-2H3/t23-,30?,31-,32-,33+,34+/m1/s1. The van der Waals surface area contributed by atoms with E-state index in [1.165, 1.54) is 61.2 Å². The number of fused-ring (bicyclic) bond motifs is 10. The molecule has 4 aliphatic heterocycles. The number of benzene rings is 3. The predicted molar refractivity (Wildman–Crippen MR) is 154 cm³/mol. The second kappa shape index (κ2) is 7.22. The predicted octanol–water partition coefficient (Wildman–Crippen LogP) is 5.68. The van der Waals surface area contributed by atoms with Crippen molar-refractivity contribution in [1.82, 2.24) is 9.80 Å². The summed E-state index contributed by atoms with van der Waals surface area (Å²) in [5, 5.41) is 8.22. The normalized spacial score (nSPS) is 38.2. The Morgan fingerprint density at radius 2 is 1.42 bits per heavy atom. The number of likely N-dealkylation sites (N-methyl/N-ethyl adjacent to an activating group) is 2. The Morgan fingerprint density at radius 1 is 0.684 bits per heavy atom. The third-order valence-corrected chi connectivity index (χ3v) is 12.1. The Balaban J connectivity index is 1.31. The number of anilines is 2. The van der Waals surface area contributed by atoms with Crippen LogP contribution in [-0.2, 0) is 22.7 Å². The van der Waals surface area contributed by atoms with Gasteiger partial charge in [-0.3, -0.25) is 9.80 Å². The maximum absolute atomic E-state index is 4.28. The molecule has 1 saturated carbocycles. The lowest BCUT2D eigenvalue weighted by Gasteiger charge is -2.49. The maximum Gasteiger partial charge on any atom is 0.0933 e. The molecule has 9 rings (SSSR count). The summed E-state index contributed by atoms with van der Waals surface area (Å²) < 4.78 is 0. The molecule has 2 aliphatic carbocycles. The number of hydrogen-bond donors (Lipinski definition) is 2. The van der Waals surface area contributed by atoms with Gasteiger partial charge in [-0.05, 0) is 86.0 Å². The van der Waals surface area contributed by atoms with Gasteiger partial charge < -0.3 is 10.6 Å². The Bertz CT molecular complexity index is 1480. The van der Waals surface area contributed by atoms with Crippen molar-refractivity contribution in [3.63, 3.8) is 0 Å². The van der Waals surface area contributed by atoms with Crippen LogP contribution in [0.25, 0.3) is 0 Å². The lowest BCUT2D eigenvalue weighted by molar-refractivity contribution is 0.142. The molecule has 3 aromatic carbocycles. The highest BCUT2D eigenvalue weighted by Crippen LogP contribution is 2.70. The molecule has 3 fully saturated rings. The first-order chi connectivity index (χ1) is 18.6. The van der Waals surface area contributed by atoms with E-state index in [1.54, 1.807) is 16.7 Å². The summed E-state index contributed by atoms with van der Waals surface area (Å²) in [5.41, 5.74) is 11.0. The van der Waals surface area contributed by atoms with E-state index in [0.717, 1.165) is 18.9 Å². The molecule has 4 nitrogen and oxygen atoms in total. The highest BCUT2D eigenvalue weighted by atomic mass is 15.3. The third kappa shape index (κ3) is 2.26. The molecule has 2 N–H and O–H groups in total. The zero-order valence-corrected chi connectivity index (χ0v) is 22.6. The Morgan fingerprint density at radius 3 is 2.34 bits per heavy atom. The Hall–Kier alpha value is -2.82. The minimum atomic E-state index is -0.0254. The van der Waals surface area contributed by atoms with Crippen molar-refractivity contribution in [2.45, 2.75) is 67.1 Å². The van der Waals surface area contributed by atoms with Gasteiger partial charge in [0.25, 0.3) is 0 Å². The molecule has 4 heteroatoms. The summed E-state index contributed by atoms with van der Waals surface area (Å²) in [6.45, 7) is 2.28. The molecule has 4 heterocycles. The van der Waals surface area contributed by atoms with Crippen molar-refractivity contribution < 1.29 is 0 Å². The average Bonchev–Trinajstić information content (AvgIpc) is 3.75. The second-order valence-corrected chi connectivity index (χ2v) is 13.2. The van der Waals surface area contributed by atoms with Gasteiger partial charge in [-0.1, -0.05) is 67.1 Å². The summed E-state index contributed by atoms with van der Waals surface area (Å²) >= 11 is 0. The molecule has 2 saturated heterocycles. The summed E-state index contributed by atoms with van der Waals surface area (Å²) in [4.78, 5) is 5.18. The monoisotopic (exact) mass is 502 g/mol. The van der Waals surface area contributed by atoms with Gasteiger partial charge in [-0.2, -0.15) is 0 Å². The van der Waals surface area contributed by atoms with Crippen molar-refractivity contribution in [3.05, 3.63) is 94.5 Å². The van der Waals surface area contributed by atoms with E-state index in [4.69, 9.17) is 0 Å². The average molecular weight is 503 g/mol. The van der Waals surface area contributed by atoms with Crippen LogP contribution >= 0.6 is 0 Å². The largest absolute Gasteiger partial charge is 0.368 e. The zero-order valence-electron chi connectivity index (χ0n) is 22.6. The highest BCUT2D eigenvalue weighted by molar-refractivity contribution is 5.77. The zero-order chi connectivity index (χ0) is 25.3. The molecule has 6 aliphatic rings. The highest BCUT2D eigenvalue weighted by Gasteiger charge is 2.70. The minimum absolute atomic E-state index is 0.0254.